The van der Waals surface area contributed by atoms with E-state index in [4.69, 9.17) is 1.37 Å². The van der Waals surface area contributed by atoms with E-state index in [1.165, 1.54) is 30.3 Å². The molecule has 0 radical (unpaired) electrons. The number of hydrogen-bond donors (Lipinski definition) is 1. The van der Waals surface area contributed by atoms with Crippen molar-refractivity contribution in [2.75, 3.05) is 0 Å². The summed E-state index contributed by atoms with van der Waals surface area (Å²) in [6.45, 7) is 1.81. The molecule has 3 aromatic rings. The largest absolute Gasteiger partial charge is 0.306 e. The van der Waals surface area contributed by atoms with Crippen LogP contribution in [0.15, 0.2) is 94.2 Å². The maximum absolute atomic E-state index is 12.8. The standard InChI is InChI=1S/C23H19N3O5S/c1-17-7-14-21(15-8-17)32(30,31)25-22(16-9-18-5-3-2-4-6-18)24-23(27)19-10-12-20(13-11-19)26(28)29/h2-16H,1H3,(H,24,25,27)/b16-9+/i16D. The van der Waals surface area contributed by atoms with Crippen LogP contribution in [0.1, 0.15) is 22.9 Å². The molecule has 0 heterocycles. The Morgan fingerprint density at radius 2 is 1.66 bits per heavy atom. The highest BCUT2D eigenvalue weighted by molar-refractivity contribution is 7.90. The zero-order chi connectivity index (χ0) is 24.0. The highest BCUT2D eigenvalue weighted by atomic mass is 32.2. The summed E-state index contributed by atoms with van der Waals surface area (Å²) in [7, 11) is -4.24. The van der Waals surface area contributed by atoms with Crippen molar-refractivity contribution in [2.45, 2.75) is 11.8 Å². The first-order valence-electron chi connectivity index (χ1n) is 9.87. The van der Waals surface area contributed by atoms with Gasteiger partial charge in [0.25, 0.3) is 21.6 Å². The molecule has 9 heteroatoms. The maximum atomic E-state index is 12.8. The molecule has 0 aliphatic heterocycles. The number of benzene rings is 3. The topological polar surface area (TPSA) is 119 Å². The lowest BCUT2D eigenvalue weighted by Gasteiger charge is -2.07. The summed E-state index contributed by atoms with van der Waals surface area (Å²) in [5.41, 5.74) is 1.29. The normalized spacial score (nSPS) is 12.7. The number of sulfonamides is 1. The fourth-order valence-corrected chi connectivity index (χ4v) is 3.51. The summed E-state index contributed by atoms with van der Waals surface area (Å²) in [4.78, 5) is 22.8. The Labute approximate surface area is 186 Å². The molecule has 3 aromatic carbocycles. The summed E-state index contributed by atoms with van der Waals surface area (Å²) in [6, 6.07) is 19.1. The Hall–Kier alpha value is -4.11. The predicted molar refractivity (Wildman–Crippen MR) is 122 cm³/mol. The second kappa shape index (κ2) is 9.80. The number of amidine groups is 1. The highest BCUT2D eigenvalue weighted by Gasteiger charge is 2.16. The number of amides is 1. The van der Waals surface area contributed by atoms with Crippen molar-refractivity contribution in [1.82, 2.24) is 5.32 Å². The molecule has 3 rings (SSSR count). The van der Waals surface area contributed by atoms with Crippen LogP contribution in [-0.2, 0) is 10.0 Å². The van der Waals surface area contributed by atoms with Crippen LogP contribution >= 0.6 is 0 Å². The van der Waals surface area contributed by atoms with E-state index in [0.717, 1.165) is 17.7 Å². The van der Waals surface area contributed by atoms with Crippen molar-refractivity contribution in [3.63, 3.8) is 0 Å². The van der Waals surface area contributed by atoms with Crippen LogP contribution in [0.5, 0.6) is 0 Å². The molecular formula is C23H19N3O5S. The molecule has 0 aromatic heterocycles. The molecule has 0 aliphatic rings. The van der Waals surface area contributed by atoms with Crippen molar-refractivity contribution in [3.05, 3.63) is 112 Å². The number of carbonyl (C=O) groups excluding carboxylic acids is 1. The summed E-state index contributed by atoms with van der Waals surface area (Å²) in [5.74, 6) is -1.25. The SMILES string of the molecule is [2H]C(=C\c1ccccc1)/C(=N\S(=O)(=O)c1ccc(C)cc1)NC(=O)c1ccc([N+](=O)[O-])cc1. The van der Waals surface area contributed by atoms with Crippen LogP contribution in [0, 0.1) is 17.0 Å². The van der Waals surface area contributed by atoms with Crippen LogP contribution in [-0.4, -0.2) is 25.1 Å². The van der Waals surface area contributed by atoms with Gasteiger partial charge in [0, 0.05) is 17.7 Å². The lowest BCUT2D eigenvalue weighted by molar-refractivity contribution is -0.384. The molecule has 0 aliphatic carbocycles. The van der Waals surface area contributed by atoms with E-state index < -0.39 is 26.7 Å². The van der Waals surface area contributed by atoms with E-state index in [2.05, 4.69) is 9.71 Å². The predicted octanol–water partition coefficient (Wildman–Crippen LogP) is 4.13. The molecule has 8 nitrogen and oxygen atoms in total. The number of non-ortho nitro benzene ring substituents is 1. The molecule has 32 heavy (non-hydrogen) atoms. The van der Waals surface area contributed by atoms with Crippen LogP contribution in [0.25, 0.3) is 6.08 Å². The fraction of sp³-hybridized carbons (Fsp3) is 0.0435. The summed E-state index contributed by atoms with van der Waals surface area (Å²) in [6.07, 6.45) is 1.36. The Kier molecular flexibility index (Phi) is 6.47. The monoisotopic (exact) mass is 450 g/mol. The minimum absolute atomic E-state index is 0.0357. The number of nitrogens with one attached hydrogen (secondary N) is 1. The van der Waals surface area contributed by atoms with E-state index in [-0.39, 0.29) is 22.2 Å². The van der Waals surface area contributed by atoms with Gasteiger partial charge in [0.05, 0.1) is 11.2 Å². The lowest BCUT2D eigenvalue weighted by Crippen LogP contribution is -2.30. The van der Waals surface area contributed by atoms with Crippen LogP contribution in [0.4, 0.5) is 5.69 Å². The minimum Gasteiger partial charge on any atom is -0.306 e. The van der Waals surface area contributed by atoms with Gasteiger partial charge in [-0.15, -0.1) is 4.40 Å². The number of nitro groups is 1. The van der Waals surface area contributed by atoms with E-state index in [0.29, 0.717) is 5.56 Å². The first kappa shape index (κ1) is 21.1. The van der Waals surface area contributed by atoms with Crippen molar-refractivity contribution < 1.29 is 19.5 Å². The molecule has 0 atom stereocenters. The first-order valence-corrected chi connectivity index (χ1v) is 10.8. The molecule has 0 spiro atoms. The molecule has 0 unspecified atom stereocenters. The number of aryl methyl sites for hydroxylation is 1. The molecule has 1 amide bonds. The molecule has 0 saturated carbocycles. The number of carbonyl (C=O) groups is 1. The lowest BCUT2D eigenvalue weighted by atomic mass is 10.2. The summed E-state index contributed by atoms with van der Waals surface area (Å²) >= 11 is 0. The smallest absolute Gasteiger partial charge is 0.284 e. The molecular weight excluding hydrogens is 430 g/mol. The van der Waals surface area contributed by atoms with Gasteiger partial charge in [-0.1, -0.05) is 54.1 Å². The van der Waals surface area contributed by atoms with E-state index in [1.54, 1.807) is 49.4 Å². The molecule has 0 fully saturated rings. The van der Waals surface area contributed by atoms with Gasteiger partial charge >= 0.3 is 0 Å². The minimum atomic E-state index is -4.24. The van der Waals surface area contributed by atoms with Crippen molar-refractivity contribution in [1.29, 1.82) is 0 Å². The Morgan fingerprint density at radius 1 is 1.03 bits per heavy atom. The van der Waals surface area contributed by atoms with Crippen molar-refractivity contribution >= 4 is 33.5 Å². The molecule has 0 saturated heterocycles. The number of nitro benzene ring substituents is 1. The first-order chi connectivity index (χ1) is 15.7. The van der Waals surface area contributed by atoms with Gasteiger partial charge in [0.15, 0.2) is 0 Å². The average Bonchev–Trinajstić information content (AvgIpc) is 2.79. The van der Waals surface area contributed by atoms with Gasteiger partial charge in [-0.3, -0.25) is 14.9 Å². The van der Waals surface area contributed by atoms with Crippen molar-refractivity contribution in [3.8, 4) is 0 Å². The zero-order valence-electron chi connectivity index (χ0n) is 17.9. The van der Waals surface area contributed by atoms with Crippen LogP contribution in [0.2, 0.25) is 0 Å². The number of nitrogens with zero attached hydrogens (tertiary/aromatic N) is 2. The second-order valence-electron chi connectivity index (χ2n) is 6.69. The molecule has 1 N–H and O–H groups in total. The zero-order valence-corrected chi connectivity index (χ0v) is 17.7. The third-order valence-corrected chi connectivity index (χ3v) is 5.57. The van der Waals surface area contributed by atoms with Gasteiger partial charge in [-0.2, -0.15) is 8.42 Å². The third kappa shape index (κ3) is 5.96. The third-order valence-electron chi connectivity index (χ3n) is 4.28. The van der Waals surface area contributed by atoms with E-state index >= 15 is 0 Å². The van der Waals surface area contributed by atoms with E-state index in [9.17, 15) is 23.3 Å². The fourth-order valence-electron chi connectivity index (χ4n) is 2.58. The Morgan fingerprint density at radius 3 is 2.25 bits per heavy atom. The van der Waals surface area contributed by atoms with Gasteiger partial charge in [-0.25, -0.2) is 0 Å². The van der Waals surface area contributed by atoms with Gasteiger partial charge in [0.2, 0.25) is 0 Å². The quantitative estimate of drug-likeness (QED) is 0.262. The van der Waals surface area contributed by atoms with Gasteiger partial charge < -0.3 is 5.32 Å². The molecule has 0 bridgehead atoms. The Balaban J connectivity index is 2.00. The highest BCUT2D eigenvalue weighted by Crippen LogP contribution is 2.15. The number of hydrogen-bond acceptors (Lipinski definition) is 5. The maximum Gasteiger partial charge on any atom is 0.284 e. The van der Waals surface area contributed by atoms with Crippen LogP contribution in [0.3, 0.4) is 0 Å². The van der Waals surface area contributed by atoms with Gasteiger partial charge in [-0.05, 0) is 42.8 Å². The average molecular weight is 450 g/mol. The van der Waals surface area contributed by atoms with Crippen LogP contribution < -0.4 is 5.32 Å². The summed E-state index contributed by atoms with van der Waals surface area (Å²) in [5, 5.41) is 13.2. The van der Waals surface area contributed by atoms with Crippen molar-refractivity contribution in [2.24, 2.45) is 4.40 Å². The molecule has 162 valence electrons. The van der Waals surface area contributed by atoms with Gasteiger partial charge in [0.1, 0.15) is 5.84 Å². The summed E-state index contributed by atoms with van der Waals surface area (Å²) < 4.78 is 37.7. The Bertz CT molecular complexity index is 1340. The second-order valence-corrected chi connectivity index (χ2v) is 8.29. The number of rotatable bonds is 6. The van der Waals surface area contributed by atoms with E-state index in [1.807, 2.05) is 0 Å².